The Morgan fingerprint density at radius 3 is 2.38 bits per heavy atom. The highest BCUT2D eigenvalue weighted by Crippen LogP contribution is 2.44. The maximum Gasteiger partial charge on any atom is 0.573 e. The van der Waals surface area contributed by atoms with E-state index in [-0.39, 0.29) is 17.2 Å². The fourth-order valence-electron chi connectivity index (χ4n) is 3.02. The number of aromatic nitrogens is 1. The number of pyridine rings is 1. The van der Waals surface area contributed by atoms with E-state index in [0.29, 0.717) is 15.0 Å². The van der Waals surface area contributed by atoms with Crippen LogP contribution in [0.15, 0.2) is 82.4 Å². The molecule has 2 heterocycles. The van der Waals surface area contributed by atoms with Crippen LogP contribution in [0.25, 0.3) is 10.1 Å². The zero-order valence-electron chi connectivity index (χ0n) is 16.1. The number of sulfonamides is 1. The first-order chi connectivity index (χ1) is 15.1. The van der Waals surface area contributed by atoms with Crippen molar-refractivity contribution in [2.45, 2.75) is 17.8 Å². The molecule has 2 aromatic heterocycles. The molecule has 0 unspecified atom stereocenters. The number of hydrogen-bond acceptors (Lipinski definition) is 5. The van der Waals surface area contributed by atoms with Gasteiger partial charge in [0.05, 0.1) is 11.0 Å². The Kier molecular flexibility index (Phi) is 6.15. The van der Waals surface area contributed by atoms with Crippen LogP contribution in [0.5, 0.6) is 5.75 Å². The lowest BCUT2D eigenvalue weighted by Crippen LogP contribution is -2.30. The van der Waals surface area contributed by atoms with Crippen molar-refractivity contribution in [2.75, 3.05) is 4.31 Å². The van der Waals surface area contributed by atoms with Gasteiger partial charge in [-0.05, 0) is 51.8 Å². The molecular formula is C21H14BrF3N2O3S2. The molecule has 0 aliphatic carbocycles. The SMILES string of the molecule is O=S(=O)(c1cccnc1)N(Cc1ccc(OC(F)(F)F)cc1)c1sc2ccccc2c1Br. The number of halogens is 4. The van der Waals surface area contributed by atoms with E-state index in [2.05, 4.69) is 25.7 Å². The number of rotatable bonds is 6. The number of ether oxygens (including phenoxy) is 1. The molecule has 0 atom stereocenters. The van der Waals surface area contributed by atoms with Crippen molar-refractivity contribution in [3.8, 4) is 5.75 Å². The molecule has 4 rings (SSSR count). The quantitative estimate of drug-likeness (QED) is 0.284. The molecule has 0 saturated heterocycles. The van der Waals surface area contributed by atoms with Crippen molar-refractivity contribution in [2.24, 2.45) is 0 Å². The summed E-state index contributed by atoms with van der Waals surface area (Å²) in [7, 11) is -4.02. The molecule has 11 heteroatoms. The summed E-state index contributed by atoms with van der Waals surface area (Å²) in [6, 6.07) is 15.5. The minimum Gasteiger partial charge on any atom is -0.406 e. The van der Waals surface area contributed by atoms with Crippen LogP contribution in [-0.2, 0) is 16.6 Å². The fraction of sp³-hybridized carbons (Fsp3) is 0.0952. The average Bonchev–Trinajstić information content (AvgIpc) is 3.09. The Bertz CT molecular complexity index is 1340. The maximum atomic E-state index is 13.5. The summed E-state index contributed by atoms with van der Waals surface area (Å²) in [5, 5.41) is 1.30. The summed E-state index contributed by atoms with van der Waals surface area (Å²) < 4.78 is 71.0. The molecule has 0 N–H and O–H groups in total. The average molecular weight is 543 g/mol. The van der Waals surface area contributed by atoms with E-state index in [0.717, 1.165) is 22.2 Å². The third kappa shape index (κ3) is 4.74. The third-order valence-corrected chi connectivity index (χ3v) is 8.55. The fourth-order valence-corrected chi connectivity index (χ4v) is 6.80. The van der Waals surface area contributed by atoms with Gasteiger partial charge in [0, 0.05) is 22.5 Å². The van der Waals surface area contributed by atoms with E-state index in [1.807, 2.05) is 24.3 Å². The Morgan fingerprint density at radius 1 is 1.03 bits per heavy atom. The van der Waals surface area contributed by atoms with E-state index >= 15 is 0 Å². The molecule has 166 valence electrons. The lowest BCUT2D eigenvalue weighted by atomic mass is 10.2. The van der Waals surface area contributed by atoms with E-state index in [9.17, 15) is 21.6 Å². The molecule has 0 aliphatic rings. The summed E-state index contributed by atoms with van der Waals surface area (Å²) in [5.41, 5.74) is 0.483. The monoisotopic (exact) mass is 542 g/mol. The highest BCUT2D eigenvalue weighted by atomic mass is 79.9. The van der Waals surface area contributed by atoms with Gasteiger partial charge >= 0.3 is 6.36 Å². The predicted octanol–water partition coefficient (Wildman–Crippen LogP) is 6.35. The molecule has 0 fully saturated rings. The normalized spacial score (nSPS) is 12.1. The van der Waals surface area contributed by atoms with E-state index in [1.54, 1.807) is 0 Å². The van der Waals surface area contributed by atoms with Gasteiger partial charge in [-0.1, -0.05) is 30.3 Å². The summed E-state index contributed by atoms with van der Waals surface area (Å²) in [6.45, 7) is -0.102. The summed E-state index contributed by atoms with van der Waals surface area (Å²) >= 11 is 4.81. The number of fused-ring (bicyclic) bond motifs is 1. The molecular weight excluding hydrogens is 529 g/mol. The van der Waals surface area contributed by atoms with Crippen LogP contribution in [0.4, 0.5) is 18.2 Å². The van der Waals surface area contributed by atoms with Crippen LogP contribution in [0.2, 0.25) is 0 Å². The first kappa shape index (κ1) is 22.6. The Morgan fingerprint density at radius 2 is 1.75 bits per heavy atom. The molecule has 0 aliphatic heterocycles. The van der Waals surface area contributed by atoms with Gasteiger partial charge in [0.15, 0.2) is 0 Å². The number of hydrogen-bond donors (Lipinski definition) is 0. The first-order valence-corrected chi connectivity index (χ1v) is 12.1. The van der Waals surface area contributed by atoms with Crippen LogP contribution in [-0.4, -0.2) is 19.8 Å². The minimum atomic E-state index is -4.81. The number of thiophene rings is 1. The summed E-state index contributed by atoms with van der Waals surface area (Å²) in [4.78, 5) is 3.91. The molecule has 0 saturated carbocycles. The molecule has 0 spiro atoms. The van der Waals surface area contributed by atoms with Gasteiger partial charge in [-0.25, -0.2) is 8.42 Å². The molecule has 0 bridgehead atoms. The van der Waals surface area contributed by atoms with Gasteiger partial charge in [0.2, 0.25) is 0 Å². The first-order valence-electron chi connectivity index (χ1n) is 9.09. The molecule has 5 nitrogen and oxygen atoms in total. The highest BCUT2D eigenvalue weighted by molar-refractivity contribution is 9.10. The van der Waals surface area contributed by atoms with Gasteiger partial charge in [-0.3, -0.25) is 9.29 Å². The van der Waals surface area contributed by atoms with Gasteiger partial charge in [0.1, 0.15) is 15.6 Å². The largest absolute Gasteiger partial charge is 0.573 e. The highest BCUT2D eigenvalue weighted by Gasteiger charge is 2.32. The summed E-state index contributed by atoms with van der Waals surface area (Å²) in [5.74, 6) is -0.383. The topological polar surface area (TPSA) is 59.5 Å². The van der Waals surface area contributed by atoms with Gasteiger partial charge < -0.3 is 4.74 Å². The minimum absolute atomic E-state index is 0.00128. The number of benzene rings is 2. The second-order valence-electron chi connectivity index (χ2n) is 6.61. The zero-order valence-corrected chi connectivity index (χ0v) is 19.3. The Balaban J connectivity index is 1.77. The second-order valence-corrected chi connectivity index (χ2v) is 10.3. The van der Waals surface area contributed by atoms with Crippen molar-refractivity contribution in [1.82, 2.24) is 4.98 Å². The molecule has 32 heavy (non-hydrogen) atoms. The molecule has 0 amide bonds. The smallest absolute Gasteiger partial charge is 0.406 e. The predicted molar refractivity (Wildman–Crippen MR) is 120 cm³/mol. The van der Waals surface area contributed by atoms with E-state index < -0.39 is 16.4 Å². The van der Waals surface area contributed by atoms with E-state index in [4.69, 9.17) is 0 Å². The number of anilines is 1. The number of alkyl halides is 3. The lowest BCUT2D eigenvalue weighted by Gasteiger charge is -2.23. The standard InChI is InChI=1S/C21H14BrF3N2O3S2/c22-19-17-5-1-2-6-18(17)31-20(19)27(32(28,29)16-4-3-11-26-12-16)13-14-7-9-15(10-8-14)30-21(23,24)25/h1-12H,13H2. The van der Waals surface area contributed by atoms with Crippen molar-refractivity contribution in [3.63, 3.8) is 0 Å². The molecule has 4 aromatic rings. The second kappa shape index (κ2) is 8.72. The Labute approximate surface area is 194 Å². The van der Waals surface area contributed by atoms with Crippen LogP contribution < -0.4 is 9.04 Å². The van der Waals surface area contributed by atoms with Crippen molar-refractivity contribution in [1.29, 1.82) is 0 Å². The van der Waals surface area contributed by atoms with Crippen LogP contribution >= 0.6 is 27.3 Å². The van der Waals surface area contributed by atoms with Gasteiger partial charge in [0.25, 0.3) is 10.0 Å². The maximum absolute atomic E-state index is 13.5. The summed E-state index contributed by atoms with van der Waals surface area (Å²) in [6.07, 6.45) is -2.08. The number of nitrogens with zero attached hydrogens (tertiary/aromatic N) is 2. The van der Waals surface area contributed by atoms with Crippen LogP contribution in [0, 0.1) is 0 Å². The van der Waals surface area contributed by atoms with Crippen LogP contribution in [0.1, 0.15) is 5.56 Å². The molecule has 0 radical (unpaired) electrons. The zero-order chi connectivity index (χ0) is 22.9. The molecule has 2 aromatic carbocycles. The van der Waals surface area contributed by atoms with Crippen molar-refractivity contribution < 1.29 is 26.3 Å². The third-order valence-electron chi connectivity index (χ3n) is 4.45. The van der Waals surface area contributed by atoms with Gasteiger partial charge in [-0.15, -0.1) is 24.5 Å². The van der Waals surface area contributed by atoms with E-state index in [1.165, 1.54) is 52.3 Å². The Hall–Kier alpha value is -2.63. The van der Waals surface area contributed by atoms with Crippen molar-refractivity contribution in [3.05, 3.63) is 83.1 Å². The van der Waals surface area contributed by atoms with Gasteiger partial charge in [-0.2, -0.15) is 0 Å². The lowest BCUT2D eigenvalue weighted by molar-refractivity contribution is -0.274. The van der Waals surface area contributed by atoms with Crippen LogP contribution in [0.3, 0.4) is 0 Å². The van der Waals surface area contributed by atoms with Crippen molar-refractivity contribution >= 4 is 52.4 Å².